The van der Waals surface area contributed by atoms with Crippen molar-refractivity contribution in [1.82, 2.24) is 9.41 Å². The molecule has 0 aliphatic carbocycles. The summed E-state index contributed by atoms with van der Waals surface area (Å²) in [6.45, 7) is 8.81. The summed E-state index contributed by atoms with van der Waals surface area (Å²) in [4.78, 5) is 12.3. The highest BCUT2D eigenvalue weighted by atomic mass is 19.4. The molecule has 5 N–H and O–H groups in total. The summed E-state index contributed by atoms with van der Waals surface area (Å²) in [6.07, 6.45) is -1.44. The second-order valence-electron chi connectivity index (χ2n) is 7.22. The first-order valence-electron chi connectivity index (χ1n) is 9.60. The number of fused-ring (bicyclic) bond motifs is 1. The third-order valence-electron chi connectivity index (χ3n) is 4.88. The number of allylic oxidation sites excluding steroid dienone is 1. The van der Waals surface area contributed by atoms with E-state index in [1.54, 1.807) is 42.8 Å². The number of hydrogen-bond acceptors (Lipinski definition) is 6. The Hall–Kier alpha value is -2.98. The molecule has 170 valence electrons. The second-order valence-corrected chi connectivity index (χ2v) is 7.22. The molecule has 7 nitrogen and oxygen atoms in total. The molecule has 0 radical (unpaired) electrons. The molecule has 10 heteroatoms. The van der Waals surface area contributed by atoms with Crippen LogP contribution in [0.3, 0.4) is 0 Å². The van der Waals surface area contributed by atoms with Crippen LogP contribution in [0.2, 0.25) is 0 Å². The summed E-state index contributed by atoms with van der Waals surface area (Å²) in [5, 5.41) is 10.9. The highest BCUT2D eigenvalue weighted by molar-refractivity contribution is 5.99. The number of ether oxygens (including phenoxy) is 1. The first-order valence-corrected chi connectivity index (χ1v) is 9.60. The first-order chi connectivity index (χ1) is 14.4. The van der Waals surface area contributed by atoms with Gasteiger partial charge in [0.2, 0.25) is 5.60 Å². The van der Waals surface area contributed by atoms with Gasteiger partial charge in [-0.25, -0.2) is 10.6 Å². The van der Waals surface area contributed by atoms with E-state index in [0.29, 0.717) is 22.3 Å². The largest absolute Gasteiger partial charge is 0.462 e. The van der Waals surface area contributed by atoms with Gasteiger partial charge >= 0.3 is 12.1 Å². The van der Waals surface area contributed by atoms with E-state index in [-0.39, 0.29) is 13.2 Å². The van der Waals surface area contributed by atoms with Gasteiger partial charge in [0, 0.05) is 24.2 Å². The third kappa shape index (κ3) is 4.86. The number of pyridine rings is 1. The molecular weight excluding hydrogens is 413 g/mol. The molecular formula is C21H27F3N4O3. The predicted molar refractivity (Wildman–Crippen MR) is 111 cm³/mol. The summed E-state index contributed by atoms with van der Waals surface area (Å²) in [5.41, 5.74) is 4.58. The average molecular weight is 440 g/mol. The van der Waals surface area contributed by atoms with Crippen LogP contribution >= 0.6 is 0 Å². The Morgan fingerprint density at radius 2 is 1.97 bits per heavy atom. The molecule has 0 saturated heterocycles. The van der Waals surface area contributed by atoms with Crippen LogP contribution in [0.5, 0.6) is 0 Å². The molecule has 0 aliphatic heterocycles. The Kier molecular flexibility index (Phi) is 7.07. The van der Waals surface area contributed by atoms with E-state index in [1.165, 1.54) is 6.92 Å². The molecule has 0 fully saturated rings. The number of hydrazine groups is 1. The number of esters is 1. The number of nitrogens with zero attached hydrogens (tertiary/aromatic N) is 2. The van der Waals surface area contributed by atoms with E-state index in [4.69, 9.17) is 16.3 Å². The number of aliphatic hydroxyl groups is 1. The van der Waals surface area contributed by atoms with Gasteiger partial charge in [-0.1, -0.05) is 19.6 Å². The quantitative estimate of drug-likeness (QED) is 0.330. The number of aromatic nitrogens is 1. The number of alkyl halides is 3. The number of carbonyl (C=O) groups excluding carboxylic acids is 1. The SMILES string of the molecule is C=C(C)c1c(C(=O)OCC)cn2cc(CN(N)/C=C(\N)C(O)(CC)C(F)(F)F)ccc12. The summed E-state index contributed by atoms with van der Waals surface area (Å²) >= 11 is 0. The second kappa shape index (κ2) is 9.03. The van der Waals surface area contributed by atoms with Crippen LogP contribution in [-0.4, -0.2) is 38.9 Å². The first kappa shape index (κ1) is 24.3. The third-order valence-corrected chi connectivity index (χ3v) is 4.88. The van der Waals surface area contributed by atoms with Crippen molar-refractivity contribution in [2.75, 3.05) is 6.61 Å². The minimum Gasteiger partial charge on any atom is -0.462 e. The zero-order chi connectivity index (χ0) is 23.6. The lowest BCUT2D eigenvalue weighted by molar-refractivity contribution is -0.245. The number of hydrogen-bond donors (Lipinski definition) is 3. The van der Waals surface area contributed by atoms with E-state index in [9.17, 15) is 23.1 Å². The van der Waals surface area contributed by atoms with E-state index < -0.39 is 29.9 Å². The van der Waals surface area contributed by atoms with Crippen LogP contribution in [-0.2, 0) is 11.3 Å². The maximum Gasteiger partial charge on any atom is 0.422 e. The Morgan fingerprint density at radius 3 is 2.48 bits per heavy atom. The topological polar surface area (TPSA) is 106 Å². The normalized spacial score (nSPS) is 14.4. The van der Waals surface area contributed by atoms with Crippen molar-refractivity contribution in [2.24, 2.45) is 11.6 Å². The molecule has 1 atom stereocenters. The van der Waals surface area contributed by atoms with Crippen LogP contribution in [0.1, 0.15) is 48.7 Å². The highest BCUT2D eigenvalue weighted by Gasteiger charge is 2.54. The van der Waals surface area contributed by atoms with Gasteiger partial charge in [-0.05, 0) is 37.5 Å². The minimum absolute atomic E-state index is 0.00359. The summed E-state index contributed by atoms with van der Waals surface area (Å²) in [5.74, 6) is 5.34. The average Bonchev–Trinajstić information content (AvgIpc) is 3.05. The fourth-order valence-corrected chi connectivity index (χ4v) is 3.24. The van der Waals surface area contributed by atoms with Gasteiger partial charge in [0.05, 0.1) is 29.9 Å². The van der Waals surface area contributed by atoms with Crippen LogP contribution in [0.25, 0.3) is 11.1 Å². The minimum atomic E-state index is -4.93. The van der Waals surface area contributed by atoms with Gasteiger partial charge in [-0.15, -0.1) is 0 Å². The molecule has 0 amide bonds. The Balaban J connectivity index is 2.36. The molecule has 0 bridgehead atoms. The van der Waals surface area contributed by atoms with Crippen LogP contribution in [0.4, 0.5) is 13.2 Å². The predicted octanol–water partition coefficient (Wildman–Crippen LogP) is 3.33. The van der Waals surface area contributed by atoms with Crippen LogP contribution in [0.15, 0.2) is 43.0 Å². The van der Waals surface area contributed by atoms with E-state index in [1.807, 2.05) is 0 Å². The summed E-state index contributed by atoms with van der Waals surface area (Å²) < 4.78 is 46.3. The van der Waals surface area contributed by atoms with Gasteiger partial charge in [0.1, 0.15) is 0 Å². The Morgan fingerprint density at radius 1 is 1.32 bits per heavy atom. The number of halogens is 3. The van der Waals surface area contributed by atoms with Crippen molar-refractivity contribution in [1.29, 1.82) is 0 Å². The van der Waals surface area contributed by atoms with Crippen molar-refractivity contribution >= 4 is 17.1 Å². The van der Waals surface area contributed by atoms with Crippen molar-refractivity contribution in [2.45, 2.75) is 45.5 Å². The molecule has 31 heavy (non-hydrogen) atoms. The van der Waals surface area contributed by atoms with Gasteiger partial charge in [-0.2, -0.15) is 13.2 Å². The van der Waals surface area contributed by atoms with Crippen molar-refractivity contribution in [3.05, 3.63) is 59.7 Å². The molecule has 0 spiro atoms. The van der Waals surface area contributed by atoms with E-state index in [2.05, 4.69) is 6.58 Å². The number of rotatable bonds is 8. The molecule has 2 aromatic heterocycles. The zero-order valence-electron chi connectivity index (χ0n) is 17.7. The van der Waals surface area contributed by atoms with Crippen molar-refractivity contribution in [3.63, 3.8) is 0 Å². The number of carbonyl (C=O) groups is 1. The standard InChI is InChI=1S/C21H27F3N4O3/c1-5-20(30,21(22,23)24)17(25)12-28(26)10-14-7-8-16-18(13(3)4)15(11-27(16)9-14)19(29)31-6-2/h7-9,11-12,30H,3,5-6,10,25-26H2,1-2,4H3/b17-12-. The smallest absolute Gasteiger partial charge is 0.422 e. The molecule has 0 saturated carbocycles. The monoisotopic (exact) mass is 440 g/mol. The molecule has 0 aromatic carbocycles. The van der Waals surface area contributed by atoms with Gasteiger partial charge in [0.25, 0.3) is 0 Å². The number of nitrogens with two attached hydrogens (primary N) is 2. The fraction of sp³-hybridized carbons (Fsp3) is 0.381. The van der Waals surface area contributed by atoms with E-state index in [0.717, 1.165) is 16.7 Å². The van der Waals surface area contributed by atoms with Gasteiger partial charge in [0.15, 0.2) is 0 Å². The lowest BCUT2D eigenvalue weighted by Crippen LogP contribution is -2.49. The summed E-state index contributed by atoms with van der Waals surface area (Å²) in [6, 6.07) is 3.47. The molecule has 0 aliphatic rings. The molecule has 2 heterocycles. The zero-order valence-corrected chi connectivity index (χ0v) is 17.7. The van der Waals surface area contributed by atoms with Crippen molar-refractivity contribution in [3.8, 4) is 0 Å². The molecule has 2 aromatic rings. The highest BCUT2D eigenvalue weighted by Crippen LogP contribution is 2.36. The molecule has 1 unspecified atom stereocenters. The van der Waals surface area contributed by atoms with Gasteiger partial charge < -0.3 is 25.0 Å². The Labute approximate surface area is 178 Å². The van der Waals surface area contributed by atoms with Crippen LogP contribution in [0, 0.1) is 0 Å². The van der Waals surface area contributed by atoms with Crippen molar-refractivity contribution < 1.29 is 27.8 Å². The van der Waals surface area contributed by atoms with Gasteiger partial charge in [-0.3, -0.25) is 0 Å². The lowest BCUT2D eigenvalue weighted by atomic mass is 9.96. The fourth-order valence-electron chi connectivity index (χ4n) is 3.24. The summed E-state index contributed by atoms with van der Waals surface area (Å²) in [7, 11) is 0. The Bertz CT molecular complexity index is 1010. The maximum atomic E-state index is 13.2. The maximum absolute atomic E-state index is 13.2. The lowest BCUT2D eigenvalue weighted by Gasteiger charge is -2.30. The van der Waals surface area contributed by atoms with E-state index >= 15 is 0 Å². The van der Waals surface area contributed by atoms with Crippen LogP contribution < -0.4 is 11.6 Å². The molecule has 2 rings (SSSR count).